The Hall–Kier alpha value is -3.08. The van der Waals surface area contributed by atoms with E-state index in [1.807, 2.05) is 24.3 Å². The van der Waals surface area contributed by atoms with Crippen LogP contribution in [0.4, 0.5) is 0 Å². The van der Waals surface area contributed by atoms with Crippen molar-refractivity contribution in [2.75, 3.05) is 6.61 Å². The molecule has 1 N–H and O–H groups in total. The van der Waals surface area contributed by atoms with E-state index in [9.17, 15) is 4.79 Å². The number of nitrogens with zero attached hydrogens (tertiary/aromatic N) is 2. The quantitative estimate of drug-likeness (QED) is 0.487. The molecule has 5 heteroatoms. The second-order valence-electron chi connectivity index (χ2n) is 6.62. The molecule has 0 saturated heterocycles. The molecule has 3 aromatic rings. The van der Waals surface area contributed by atoms with E-state index in [4.69, 9.17) is 4.74 Å². The van der Waals surface area contributed by atoms with E-state index in [0.29, 0.717) is 13.2 Å². The Morgan fingerprint density at radius 1 is 1.22 bits per heavy atom. The summed E-state index contributed by atoms with van der Waals surface area (Å²) in [6.07, 6.45) is 2.11. The number of aromatic nitrogens is 2. The number of nitrogens with one attached hydrogen (secondary N) is 1. The van der Waals surface area contributed by atoms with Crippen molar-refractivity contribution in [1.29, 1.82) is 0 Å². The number of imidazole rings is 1. The number of ether oxygens (including phenoxy) is 1. The van der Waals surface area contributed by atoms with Crippen molar-refractivity contribution in [2.24, 2.45) is 0 Å². The molecule has 140 valence electrons. The first kappa shape index (κ1) is 18.7. The molecule has 27 heavy (non-hydrogen) atoms. The van der Waals surface area contributed by atoms with Gasteiger partial charge in [0.15, 0.2) is 0 Å². The molecule has 0 atom stereocenters. The van der Waals surface area contributed by atoms with Gasteiger partial charge in [-0.25, -0.2) is 4.98 Å². The topological polar surface area (TPSA) is 56.2 Å². The van der Waals surface area contributed by atoms with Crippen LogP contribution >= 0.6 is 0 Å². The molecule has 0 fully saturated rings. The molecule has 2 aromatic carbocycles. The summed E-state index contributed by atoms with van der Waals surface area (Å²) >= 11 is 0. The Bertz CT molecular complexity index is 939. The lowest BCUT2D eigenvalue weighted by Crippen LogP contribution is -2.22. The molecule has 0 radical (unpaired) electrons. The maximum absolute atomic E-state index is 11.5. The van der Waals surface area contributed by atoms with Crippen LogP contribution in [0, 0.1) is 13.8 Å². The molecular formula is C22H25N3O2. The highest BCUT2D eigenvalue weighted by atomic mass is 16.5. The van der Waals surface area contributed by atoms with Crippen LogP contribution < -0.4 is 10.1 Å². The third kappa shape index (κ3) is 4.76. The minimum atomic E-state index is -0.202. The summed E-state index contributed by atoms with van der Waals surface area (Å²) in [4.78, 5) is 16.1. The molecule has 5 nitrogen and oxygen atoms in total. The monoisotopic (exact) mass is 363 g/mol. The van der Waals surface area contributed by atoms with Crippen molar-refractivity contribution < 1.29 is 9.53 Å². The van der Waals surface area contributed by atoms with Crippen molar-refractivity contribution >= 4 is 16.9 Å². The van der Waals surface area contributed by atoms with Crippen molar-refractivity contribution in [2.45, 2.75) is 33.4 Å². The zero-order valence-electron chi connectivity index (χ0n) is 15.9. The average molecular weight is 363 g/mol. The Kier molecular flexibility index (Phi) is 5.91. The number of rotatable bonds is 8. The number of carbonyl (C=O) groups is 1. The van der Waals surface area contributed by atoms with E-state index in [1.165, 1.54) is 17.2 Å². The third-order valence-electron chi connectivity index (χ3n) is 4.33. The van der Waals surface area contributed by atoms with Gasteiger partial charge >= 0.3 is 0 Å². The average Bonchev–Trinajstić information content (AvgIpc) is 3.00. The third-order valence-corrected chi connectivity index (χ3v) is 4.33. The van der Waals surface area contributed by atoms with Gasteiger partial charge in [-0.15, -0.1) is 0 Å². The van der Waals surface area contributed by atoms with Gasteiger partial charge in [0.25, 0.3) is 0 Å². The lowest BCUT2D eigenvalue weighted by atomic mass is 10.1. The number of hydrogen-bond acceptors (Lipinski definition) is 3. The fourth-order valence-electron chi connectivity index (χ4n) is 3.18. The van der Waals surface area contributed by atoms with Gasteiger partial charge in [0, 0.05) is 6.54 Å². The van der Waals surface area contributed by atoms with Crippen LogP contribution in [0.5, 0.6) is 5.75 Å². The van der Waals surface area contributed by atoms with E-state index in [-0.39, 0.29) is 5.91 Å². The molecule has 0 aliphatic rings. The Balaban J connectivity index is 1.67. The predicted molar refractivity (Wildman–Crippen MR) is 108 cm³/mol. The molecule has 1 heterocycles. The number of aryl methyl sites for hydroxylation is 3. The minimum Gasteiger partial charge on any atom is -0.494 e. The van der Waals surface area contributed by atoms with Gasteiger partial charge < -0.3 is 14.6 Å². The molecule has 0 aliphatic heterocycles. The normalized spacial score (nSPS) is 10.7. The van der Waals surface area contributed by atoms with Crippen LogP contribution in [-0.2, 0) is 17.9 Å². The molecule has 3 rings (SSSR count). The van der Waals surface area contributed by atoms with Crippen LogP contribution in [0.2, 0.25) is 0 Å². The molecule has 0 bridgehead atoms. The van der Waals surface area contributed by atoms with Gasteiger partial charge in [0.05, 0.1) is 24.2 Å². The summed E-state index contributed by atoms with van der Waals surface area (Å²) in [5.41, 5.74) is 4.39. The zero-order chi connectivity index (χ0) is 19.2. The second-order valence-corrected chi connectivity index (χ2v) is 6.62. The Morgan fingerprint density at radius 2 is 1.96 bits per heavy atom. The molecule has 0 aliphatic carbocycles. The van der Waals surface area contributed by atoms with E-state index < -0.39 is 0 Å². The summed E-state index contributed by atoms with van der Waals surface area (Å²) in [6.45, 7) is 9.39. The Labute approximate surface area is 159 Å². The molecule has 1 amide bonds. The van der Waals surface area contributed by atoms with Gasteiger partial charge in [-0.1, -0.05) is 24.8 Å². The number of hydrogen-bond donors (Lipinski definition) is 1. The van der Waals surface area contributed by atoms with E-state index in [2.05, 4.69) is 53.5 Å². The number of benzene rings is 2. The van der Waals surface area contributed by atoms with Crippen molar-refractivity contribution in [3.8, 4) is 5.75 Å². The zero-order valence-corrected chi connectivity index (χ0v) is 15.9. The summed E-state index contributed by atoms with van der Waals surface area (Å²) in [7, 11) is 0. The summed E-state index contributed by atoms with van der Waals surface area (Å²) in [5, 5.41) is 2.81. The first-order chi connectivity index (χ1) is 13.1. The summed E-state index contributed by atoms with van der Waals surface area (Å²) < 4.78 is 8.06. The lowest BCUT2D eigenvalue weighted by molar-refractivity contribution is -0.116. The predicted octanol–water partition coefficient (Wildman–Crippen LogP) is 3.92. The highest BCUT2D eigenvalue weighted by molar-refractivity contribution is 5.86. The van der Waals surface area contributed by atoms with Gasteiger partial charge in [0.2, 0.25) is 5.91 Å². The highest BCUT2D eigenvalue weighted by Gasteiger charge is 2.11. The second kappa shape index (κ2) is 8.54. The minimum absolute atomic E-state index is 0.202. The van der Waals surface area contributed by atoms with Crippen LogP contribution in [0.15, 0.2) is 55.1 Å². The van der Waals surface area contributed by atoms with Crippen LogP contribution in [0.3, 0.4) is 0 Å². The Morgan fingerprint density at radius 3 is 2.70 bits per heavy atom. The first-order valence-electron chi connectivity index (χ1n) is 9.12. The number of carbonyl (C=O) groups excluding carboxylic acids is 1. The summed E-state index contributed by atoms with van der Waals surface area (Å²) in [5.74, 6) is 1.53. The molecule has 0 saturated carbocycles. The maximum atomic E-state index is 11.5. The fourth-order valence-corrected chi connectivity index (χ4v) is 3.18. The largest absolute Gasteiger partial charge is 0.494 e. The number of fused-ring (bicyclic) bond motifs is 1. The SMILES string of the molecule is C=CC(=O)NCc1nc2ccccc2n1CCCOc1cc(C)cc(C)c1. The van der Waals surface area contributed by atoms with Crippen molar-refractivity contribution in [1.82, 2.24) is 14.9 Å². The van der Waals surface area contributed by atoms with Gasteiger partial charge in [-0.05, 0) is 61.7 Å². The standard InChI is InChI=1S/C22H25N3O2/c1-4-22(26)23-15-21-24-19-8-5-6-9-20(19)25(21)10-7-11-27-18-13-16(2)12-17(3)14-18/h4-6,8-9,12-14H,1,7,10-11,15H2,2-3H3,(H,23,26). The molecule has 1 aromatic heterocycles. The van der Waals surface area contributed by atoms with Gasteiger partial charge in [-0.2, -0.15) is 0 Å². The lowest BCUT2D eigenvalue weighted by Gasteiger charge is -2.11. The van der Waals surface area contributed by atoms with Crippen molar-refractivity contribution in [3.05, 3.63) is 72.1 Å². The smallest absolute Gasteiger partial charge is 0.243 e. The van der Waals surface area contributed by atoms with Crippen molar-refractivity contribution in [3.63, 3.8) is 0 Å². The van der Waals surface area contributed by atoms with E-state index >= 15 is 0 Å². The van der Waals surface area contributed by atoms with Crippen LogP contribution in [0.25, 0.3) is 11.0 Å². The molecule has 0 unspecified atom stereocenters. The molecular weight excluding hydrogens is 338 g/mol. The van der Waals surface area contributed by atoms with E-state index in [1.54, 1.807) is 0 Å². The summed E-state index contributed by atoms with van der Waals surface area (Å²) in [6, 6.07) is 14.2. The van der Waals surface area contributed by atoms with Crippen LogP contribution in [-0.4, -0.2) is 22.1 Å². The fraction of sp³-hybridized carbons (Fsp3) is 0.273. The highest BCUT2D eigenvalue weighted by Crippen LogP contribution is 2.18. The van der Waals surface area contributed by atoms with Gasteiger partial charge in [-0.3, -0.25) is 4.79 Å². The van der Waals surface area contributed by atoms with E-state index in [0.717, 1.165) is 35.6 Å². The number of para-hydroxylation sites is 2. The molecule has 0 spiro atoms. The number of amides is 1. The van der Waals surface area contributed by atoms with Crippen LogP contribution in [0.1, 0.15) is 23.4 Å². The first-order valence-corrected chi connectivity index (χ1v) is 9.12. The van der Waals surface area contributed by atoms with Gasteiger partial charge in [0.1, 0.15) is 11.6 Å². The maximum Gasteiger partial charge on any atom is 0.243 e.